The molecule has 1 aromatic heterocycles. The number of thiazole rings is 1. The highest BCUT2D eigenvalue weighted by molar-refractivity contribution is 7.22. The van der Waals surface area contributed by atoms with E-state index in [2.05, 4.69) is 4.98 Å². The topological polar surface area (TPSA) is 89.0 Å². The van der Waals surface area contributed by atoms with Crippen LogP contribution < -0.4 is 14.4 Å². The van der Waals surface area contributed by atoms with Crippen molar-refractivity contribution in [1.82, 2.24) is 4.98 Å². The predicted molar refractivity (Wildman–Crippen MR) is 149 cm³/mol. The summed E-state index contributed by atoms with van der Waals surface area (Å²) >= 11 is 1.34. The van der Waals surface area contributed by atoms with Crippen LogP contribution in [-0.4, -0.2) is 35.5 Å². The maximum Gasteiger partial charge on any atom is 0.301 e. The molecule has 0 saturated carbocycles. The van der Waals surface area contributed by atoms with Crippen molar-refractivity contribution in [2.75, 3.05) is 18.6 Å². The number of ketones is 1. The van der Waals surface area contributed by atoms with Gasteiger partial charge in [0.2, 0.25) is 0 Å². The van der Waals surface area contributed by atoms with Crippen molar-refractivity contribution < 1.29 is 24.2 Å². The average molecular weight is 529 g/mol. The van der Waals surface area contributed by atoms with Gasteiger partial charge in [0.1, 0.15) is 17.3 Å². The largest absolute Gasteiger partial charge is 0.507 e. The standard InChI is InChI=1S/C30H28N2O5S/c1-5-14-37-21-10-7-19(8-11-21)26-25(27(33)20-9-13-23(36-4)18(3)16-20)28(34)29(35)32(26)30-31-22-12-6-17(2)15-24(22)38-30/h6-13,15-16,26,33H,5,14H2,1-4H3/b27-25+/t26-/m1/s1. The third-order valence-corrected chi connectivity index (χ3v) is 7.54. The van der Waals surface area contributed by atoms with E-state index in [0.717, 1.165) is 27.8 Å². The number of anilines is 1. The Bertz CT molecular complexity index is 1570. The monoisotopic (exact) mass is 528 g/mol. The van der Waals surface area contributed by atoms with Crippen LogP contribution in [0.2, 0.25) is 0 Å². The third kappa shape index (κ3) is 4.52. The van der Waals surface area contributed by atoms with E-state index in [1.807, 2.05) is 63.2 Å². The maximum atomic E-state index is 13.5. The molecule has 38 heavy (non-hydrogen) atoms. The molecule has 1 fully saturated rings. The first-order chi connectivity index (χ1) is 18.3. The predicted octanol–water partition coefficient (Wildman–Crippen LogP) is 6.34. The Kier molecular flexibility index (Phi) is 6.91. The van der Waals surface area contributed by atoms with Crippen LogP contribution in [0.5, 0.6) is 11.5 Å². The van der Waals surface area contributed by atoms with E-state index in [-0.39, 0.29) is 11.3 Å². The number of aromatic nitrogens is 1. The number of aliphatic hydroxyl groups is 1. The number of amides is 1. The number of ether oxygens (including phenoxy) is 2. The molecule has 1 atom stereocenters. The smallest absolute Gasteiger partial charge is 0.301 e. The molecule has 1 aliphatic rings. The van der Waals surface area contributed by atoms with Crippen molar-refractivity contribution in [3.63, 3.8) is 0 Å². The normalized spacial score (nSPS) is 16.8. The van der Waals surface area contributed by atoms with Crippen LogP contribution >= 0.6 is 11.3 Å². The van der Waals surface area contributed by atoms with Gasteiger partial charge in [-0.1, -0.05) is 36.5 Å². The number of Topliss-reactive ketones (excluding diaryl/α,β-unsaturated/α-hetero) is 1. The van der Waals surface area contributed by atoms with Gasteiger partial charge in [-0.15, -0.1) is 0 Å². The highest BCUT2D eigenvalue weighted by Gasteiger charge is 2.48. The maximum absolute atomic E-state index is 13.5. The Hall–Kier alpha value is -4.17. The fraction of sp³-hybridized carbons (Fsp3) is 0.233. The Morgan fingerprint density at radius 1 is 1.05 bits per heavy atom. The molecule has 1 aliphatic heterocycles. The molecule has 3 aromatic carbocycles. The van der Waals surface area contributed by atoms with Crippen LogP contribution in [0.1, 0.15) is 41.6 Å². The fourth-order valence-electron chi connectivity index (χ4n) is 4.62. The molecule has 194 valence electrons. The lowest BCUT2D eigenvalue weighted by molar-refractivity contribution is -0.132. The molecule has 0 aliphatic carbocycles. The van der Waals surface area contributed by atoms with E-state index in [0.29, 0.717) is 34.4 Å². The van der Waals surface area contributed by atoms with Crippen molar-refractivity contribution in [1.29, 1.82) is 0 Å². The van der Waals surface area contributed by atoms with Crippen LogP contribution in [-0.2, 0) is 9.59 Å². The summed E-state index contributed by atoms with van der Waals surface area (Å²) < 4.78 is 12.0. The molecule has 0 bridgehead atoms. The van der Waals surface area contributed by atoms with Gasteiger partial charge >= 0.3 is 5.91 Å². The van der Waals surface area contributed by atoms with E-state index in [4.69, 9.17) is 9.47 Å². The first-order valence-electron chi connectivity index (χ1n) is 12.4. The second-order valence-electron chi connectivity index (χ2n) is 9.24. The van der Waals surface area contributed by atoms with Gasteiger partial charge in [0.25, 0.3) is 5.78 Å². The summed E-state index contributed by atoms with van der Waals surface area (Å²) in [6, 6.07) is 17.4. The number of hydrogen-bond donors (Lipinski definition) is 1. The van der Waals surface area contributed by atoms with Crippen LogP contribution in [0.3, 0.4) is 0 Å². The quantitative estimate of drug-likeness (QED) is 0.171. The molecule has 1 amide bonds. The second kappa shape index (κ2) is 10.3. The summed E-state index contributed by atoms with van der Waals surface area (Å²) in [7, 11) is 1.57. The van der Waals surface area contributed by atoms with Gasteiger partial charge in [-0.2, -0.15) is 0 Å². The van der Waals surface area contributed by atoms with Gasteiger partial charge in [-0.3, -0.25) is 14.5 Å². The van der Waals surface area contributed by atoms with Gasteiger partial charge in [0.05, 0.1) is 35.5 Å². The van der Waals surface area contributed by atoms with Crippen molar-refractivity contribution in [2.45, 2.75) is 33.2 Å². The number of nitrogens with zero attached hydrogens (tertiary/aromatic N) is 2. The van der Waals surface area contributed by atoms with E-state index in [1.165, 1.54) is 16.2 Å². The van der Waals surface area contributed by atoms with Gasteiger partial charge in [0, 0.05) is 5.56 Å². The molecule has 1 N–H and O–H groups in total. The fourth-order valence-corrected chi connectivity index (χ4v) is 5.71. The summed E-state index contributed by atoms with van der Waals surface area (Å²) in [5.74, 6) is -0.392. The first-order valence-corrected chi connectivity index (χ1v) is 13.2. The van der Waals surface area contributed by atoms with E-state index in [1.54, 1.807) is 25.3 Å². The van der Waals surface area contributed by atoms with Crippen molar-refractivity contribution in [3.05, 3.63) is 88.5 Å². The Labute approximate surface area is 225 Å². The molecule has 0 radical (unpaired) electrons. The second-order valence-corrected chi connectivity index (χ2v) is 10.2. The summed E-state index contributed by atoms with van der Waals surface area (Å²) in [4.78, 5) is 33.1. The molecule has 7 nitrogen and oxygen atoms in total. The number of methoxy groups -OCH3 is 1. The van der Waals surface area contributed by atoms with Crippen molar-refractivity contribution in [3.8, 4) is 11.5 Å². The zero-order chi connectivity index (χ0) is 27.0. The Morgan fingerprint density at radius 2 is 1.82 bits per heavy atom. The van der Waals surface area contributed by atoms with E-state index < -0.39 is 17.7 Å². The highest BCUT2D eigenvalue weighted by atomic mass is 32.1. The summed E-state index contributed by atoms with van der Waals surface area (Å²) in [6.07, 6.45) is 0.875. The minimum Gasteiger partial charge on any atom is -0.507 e. The van der Waals surface area contributed by atoms with Crippen LogP contribution in [0, 0.1) is 13.8 Å². The van der Waals surface area contributed by atoms with Crippen LogP contribution in [0.25, 0.3) is 16.0 Å². The molecule has 1 saturated heterocycles. The molecule has 0 unspecified atom stereocenters. The number of aryl methyl sites for hydroxylation is 2. The number of benzene rings is 3. The van der Waals surface area contributed by atoms with Gasteiger partial charge < -0.3 is 14.6 Å². The Morgan fingerprint density at radius 3 is 2.50 bits per heavy atom. The van der Waals surface area contributed by atoms with E-state index in [9.17, 15) is 14.7 Å². The molecule has 5 rings (SSSR count). The number of rotatable bonds is 7. The lowest BCUT2D eigenvalue weighted by atomic mass is 9.95. The Balaban J connectivity index is 1.67. The zero-order valence-corrected chi connectivity index (χ0v) is 22.5. The highest BCUT2D eigenvalue weighted by Crippen LogP contribution is 2.44. The van der Waals surface area contributed by atoms with Crippen LogP contribution in [0.15, 0.2) is 66.2 Å². The van der Waals surface area contributed by atoms with Gasteiger partial charge in [0.15, 0.2) is 5.13 Å². The summed E-state index contributed by atoms with van der Waals surface area (Å²) in [6.45, 7) is 6.45. The zero-order valence-electron chi connectivity index (χ0n) is 21.6. The molecule has 2 heterocycles. The summed E-state index contributed by atoms with van der Waals surface area (Å²) in [5.41, 5.74) is 3.71. The molecule has 4 aromatic rings. The van der Waals surface area contributed by atoms with Gasteiger partial charge in [-0.05, 0) is 79.4 Å². The first kappa shape index (κ1) is 25.5. The molecule has 8 heteroatoms. The summed E-state index contributed by atoms with van der Waals surface area (Å²) in [5, 5.41) is 11.8. The molecule has 0 spiro atoms. The number of fused-ring (bicyclic) bond motifs is 1. The number of carbonyl (C=O) groups is 2. The van der Waals surface area contributed by atoms with Crippen molar-refractivity contribution >= 4 is 44.1 Å². The minimum absolute atomic E-state index is 0.0113. The number of hydrogen-bond acceptors (Lipinski definition) is 7. The average Bonchev–Trinajstić information content (AvgIpc) is 3.44. The van der Waals surface area contributed by atoms with E-state index >= 15 is 0 Å². The third-order valence-electron chi connectivity index (χ3n) is 6.52. The molecular formula is C30H28N2O5S. The SMILES string of the molecule is CCCOc1ccc([C@@H]2/C(=C(\O)c3ccc(OC)c(C)c3)C(=O)C(=O)N2c2nc3ccc(C)cc3s2)cc1. The number of aliphatic hydroxyl groups excluding tert-OH is 1. The van der Waals surface area contributed by atoms with Gasteiger partial charge in [-0.25, -0.2) is 4.98 Å². The lowest BCUT2D eigenvalue weighted by Gasteiger charge is -2.23. The van der Waals surface area contributed by atoms with Crippen molar-refractivity contribution in [2.24, 2.45) is 0 Å². The number of carbonyl (C=O) groups excluding carboxylic acids is 2. The lowest BCUT2D eigenvalue weighted by Crippen LogP contribution is -2.29. The van der Waals surface area contributed by atoms with Crippen LogP contribution in [0.4, 0.5) is 5.13 Å². The molecular weight excluding hydrogens is 500 g/mol. The minimum atomic E-state index is -0.862.